The standard InChI is InChI=1S/C12H23N2O9PS/c1-12(2,6-15)9(17)10(18)13-4-3-8(16)14(24(21,22)23)7(5-25)11(19)20/h7,9,15,17,25H,3-6H2,1-2H3,(H,13,18)(H,19,20)(H2,21,22,23)/t7-,9+/m1/s1. The van der Waals surface area contributed by atoms with Crippen LogP contribution in [0.25, 0.3) is 0 Å². The Labute approximate surface area is 149 Å². The minimum Gasteiger partial charge on any atom is -0.480 e. The van der Waals surface area contributed by atoms with E-state index >= 15 is 0 Å². The third-order valence-corrected chi connectivity index (χ3v) is 4.73. The fourth-order valence-electron chi connectivity index (χ4n) is 1.71. The number of hydrogen-bond acceptors (Lipinski definition) is 7. The summed E-state index contributed by atoms with van der Waals surface area (Å²) in [7, 11) is -5.21. The van der Waals surface area contributed by atoms with Crippen molar-refractivity contribution in [2.45, 2.75) is 32.4 Å². The minimum atomic E-state index is -5.21. The summed E-state index contributed by atoms with van der Waals surface area (Å²) in [5.41, 5.74) is -1.13. The van der Waals surface area contributed by atoms with Crippen molar-refractivity contribution in [2.24, 2.45) is 5.41 Å². The normalized spacial score (nSPS) is 14.5. The van der Waals surface area contributed by atoms with Crippen LogP contribution in [0.2, 0.25) is 0 Å². The first-order valence-electron chi connectivity index (χ1n) is 7.08. The Balaban J connectivity index is 4.93. The average Bonchev–Trinajstić information content (AvgIpc) is 2.49. The van der Waals surface area contributed by atoms with Gasteiger partial charge in [0.1, 0.15) is 12.1 Å². The molecule has 0 aromatic rings. The van der Waals surface area contributed by atoms with Gasteiger partial charge >= 0.3 is 13.7 Å². The monoisotopic (exact) mass is 402 g/mol. The summed E-state index contributed by atoms with van der Waals surface area (Å²) in [4.78, 5) is 53.1. The van der Waals surface area contributed by atoms with E-state index < -0.39 is 68.4 Å². The van der Waals surface area contributed by atoms with E-state index in [2.05, 4.69) is 17.9 Å². The van der Waals surface area contributed by atoms with Crippen LogP contribution in [0.1, 0.15) is 20.3 Å². The van der Waals surface area contributed by atoms with Crippen LogP contribution >= 0.6 is 20.4 Å². The van der Waals surface area contributed by atoms with E-state index in [0.29, 0.717) is 0 Å². The van der Waals surface area contributed by atoms with Crippen LogP contribution in [0.5, 0.6) is 0 Å². The highest BCUT2D eigenvalue weighted by Crippen LogP contribution is 2.42. The zero-order valence-electron chi connectivity index (χ0n) is 13.7. The van der Waals surface area contributed by atoms with Crippen molar-refractivity contribution >= 4 is 38.2 Å². The molecule has 146 valence electrons. The molecule has 0 fully saturated rings. The van der Waals surface area contributed by atoms with E-state index in [4.69, 9.17) is 10.2 Å². The molecule has 0 radical (unpaired) electrons. The fraction of sp³-hybridized carbons (Fsp3) is 0.750. The molecule has 0 saturated carbocycles. The number of aliphatic hydroxyl groups is 2. The summed E-state index contributed by atoms with van der Waals surface area (Å²) in [6.45, 7) is 1.99. The molecule has 2 amide bonds. The SMILES string of the molecule is CC(C)(CO)[C@@H](O)C(=O)NCCC(=O)N([C@H](CS)C(=O)O)P(=O)(O)O. The van der Waals surface area contributed by atoms with Gasteiger partial charge in [0.05, 0.1) is 6.61 Å². The molecule has 13 heteroatoms. The number of carboxylic acid groups (broad SMARTS) is 1. The molecule has 6 N–H and O–H groups in total. The molecule has 0 saturated heterocycles. The van der Waals surface area contributed by atoms with E-state index in [1.165, 1.54) is 13.8 Å². The first kappa shape index (κ1) is 23.8. The van der Waals surface area contributed by atoms with Gasteiger partial charge in [-0.3, -0.25) is 9.59 Å². The lowest BCUT2D eigenvalue weighted by Gasteiger charge is -2.29. The Hall–Kier alpha value is -1.17. The van der Waals surface area contributed by atoms with Gasteiger partial charge in [-0.15, -0.1) is 0 Å². The zero-order valence-corrected chi connectivity index (χ0v) is 15.5. The van der Waals surface area contributed by atoms with Gasteiger partial charge in [0.2, 0.25) is 11.8 Å². The maximum atomic E-state index is 12.0. The summed E-state index contributed by atoms with van der Waals surface area (Å²) in [6.07, 6.45) is -2.18. The van der Waals surface area contributed by atoms with E-state index in [1.807, 2.05) is 0 Å². The molecule has 0 bridgehead atoms. The number of amides is 2. The number of carbonyl (C=O) groups excluding carboxylic acids is 2. The second-order valence-electron chi connectivity index (χ2n) is 5.88. The third-order valence-electron chi connectivity index (χ3n) is 3.32. The number of thiol groups is 1. The van der Waals surface area contributed by atoms with Gasteiger partial charge in [0, 0.05) is 24.1 Å². The van der Waals surface area contributed by atoms with E-state index in [9.17, 15) is 33.8 Å². The quantitative estimate of drug-likeness (QED) is 0.163. The number of nitrogens with one attached hydrogen (secondary N) is 1. The molecule has 2 atom stereocenters. The molecule has 25 heavy (non-hydrogen) atoms. The highest BCUT2D eigenvalue weighted by atomic mass is 32.1. The number of aliphatic carboxylic acids is 1. The van der Waals surface area contributed by atoms with E-state index in [0.717, 1.165) is 0 Å². The summed E-state index contributed by atoms with van der Waals surface area (Å²) in [5, 5.41) is 30.0. The van der Waals surface area contributed by atoms with Crippen molar-refractivity contribution in [3.05, 3.63) is 0 Å². The largest absolute Gasteiger partial charge is 0.480 e. The van der Waals surface area contributed by atoms with Crippen LogP contribution < -0.4 is 5.32 Å². The van der Waals surface area contributed by atoms with Gasteiger partial charge in [-0.25, -0.2) is 14.0 Å². The Morgan fingerprint density at radius 3 is 2.16 bits per heavy atom. The summed E-state index contributed by atoms with van der Waals surface area (Å²) in [6, 6.07) is -1.84. The predicted molar refractivity (Wildman–Crippen MR) is 88.7 cm³/mol. The zero-order chi connectivity index (χ0) is 20.0. The first-order chi connectivity index (χ1) is 11.3. The predicted octanol–water partition coefficient (Wildman–Crippen LogP) is -1.82. The van der Waals surface area contributed by atoms with Gasteiger partial charge in [-0.2, -0.15) is 12.6 Å². The lowest BCUT2D eigenvalue weighted by atomic mass is 9.87. The van der Waals surface area contributed by atoms with Crippen LogP contribution in [0.15, 0.2) is 0 Å². The highest BCUT2D eigenvalue weighted by Gasteiger charge is 2.40. The topological polar surface area (TPSA) is 185 Å². The lowest BCUT2D eigenvalue weighted by Crippen LogP contribution is -2.47. The first-order valence-corrected chi connectivity index (χ1v) is 9.27. The fourth-order valence-corrected chi connectivity index (χ4v) is 3.09. The molecule has 0 unspecified atom stereocenters. The molecule has 0 aliphatic heterocycles. The molecule has 0 aromatic carbocycles. The minimum absolute atomic E-state index is 0.0947. The number of carboxylic acids is 1. The van der Waals surface area contributed by atoms with E-state index in [-0.39, 0.29) is 4.67 Å². The number of carbonyl (C=O) groups is 3. The van der Waals surface area contributed by atoms with Crippen LogP contribution in [0.3, 0.4) is 0 Å². The molecular formula is C12H23N2O9PS. The van der Waals surface area contributed by atoms with Crippen LogP contribution in [-0.2, 0) is 18.9 Å². The van der Waals surface area contributed by atoms with Crippen molar-refractivity contribution in [2.75, 3.05) is 18.9 Å². The number of rotatable bonds is 10. The maximum absolute atomic E-state index is 12.0. The Morgan fingerprint density at radius 2 is 1.80 bits per heavy atom. The van der Waals surface area contributed by atoms with Crippen LogP contribution in [0.4, 0.5) is 0 Å². The summed E-state index contributed by atoms with van der Waals surface area (Å²) < 4.78 is 11.3. The van der Waals surface area contributed by atoms with Gasteiger partial charge in [-0.1, -0.05) is 13.8 Å². The van der Waals surface area contributed by atoms with Crippen LogP contribution in [-0.4, -0.2) is 78.6 Å². The highest BCUT2D eigenvalue weighted by molar-refractivity contribution is 7.80. The molecular weight excluding hydrogens is 379 g/mol. The Morgan fingerprint density at radius 1 is 1.28 bits per heavy atom. The second kappa shape index (κ2) is 9.51. The van der Waals surface area contributed by atoms with Crippen molar-refractivity contribution in [1.82, 2.24) is 9.99 Å². The number of hydrogen-bond donors (Lipinski definition) is 7. The third kappa shape index (κ3) is 6.92. The maximum Gasteiger partial charge on any atom is 0.433 e. The number of nitrogens with zero attached hydrogens (tertiary/aromatic N) is 1. The van der Waals surface area contributed by atoms with Gasteiger partial charge in [-0.05, 0) is 0 Å². The Bertz CT molecular complexity index is 551. The van der Waals surface area contributed by atoms with Gasteiger partial charge in [0.15, 0.2) is 0 Å². The second-order valence-corrected chi connectivity index (χ2v) is 7.70. The van der Waals surface area contributed by atoms with Crippen molar-refractivity contribution < 1.29 is 44.1 Å². The molecule has 0 heterocycles. The number of aliphatic hydroxyl groups excluding tert-OH is 2. The van der Waals surface area contributed by atoms with Crippen molar-refractivity contribution in [1.29, 1.82) is 0 Å². The molecule has 0 aromatic heterocycles. The van der Waals surface area contributed by atoms with Crippen molar-refractivity contribution in [3.63, 3.8) is 0 Å². The molecule has 0 spiro atoms. The summed E-state index contributed by atoms with van der Waals surface area (Å²) in [5.74, 6) is -4.26. The summed E-state index contributed by atoms with van der Waals surface area (Å²) >= 11 is 3.67. The lowest BCUT2D eigenvalue weighted by molar-refractivity contribution is -0.146. The smallest absolute Gasteiger partial charge is 0.433 e. The van der Waals surface area contributed by atoms with E-state index in [1.54, 1.807) is 0 Å². The van der Waals surface area contributed by atoms with Gasteiger partial charge in [0.25, 0.3) is 0 Å². The molecule has 0 aliphatic rings. The van der Waals surface area contributed by atoms with Crippen molar-refractivity contribution in [3.8, 4) is 0 Å². The molecule has 11 nitrogen and oxygen atoms in total. The Kier molecular flexibility index (Phi) is 9.06. The van der Waals surface area contributed by atoms with Crippen LogP contribution in [0, 0.1) is 5.41 Å². The molecule has 0 aliphatic carbocycles. The average molecular weight is 402 g/mol. The van der Waals surface area contributed by atoms with Gasteiger partial charge < -0.3 is 30.4 Å². The molecule has 0 rings (SSSR count).